The van der Waals surface area contributed by atoms with Crippen LogP contribution < -0.4 is 0 Å². The monoisotopic (exact) mass is 208 g/mol. The fourth-order valence-electron chi connectivity index (χ4n) is 0.742. The van der Waals surface area contributed by atoms with E-state index in [1.54, 1.807) is 14.2 Å². The van der Waals surface area contributed by atoms with Crippen LogP contribution in [0.4, 0.5) is 0 Å². The summed E-state index contributed by atoms with van der Waals surface area (Å²) in [5, 5.41) is 7.88. The smallest absolute Gasteiger partial charge is 0.334 e. The molecule has 13 heavy (non-hydrogen) atoms. The molecule has 0 aliphatic rings. The number of hydrogen-bond acceptors (Lipinski definition) is 3. The summed E-state index contributed by atoms with van der Waals surface area (Å²) < 4.78 is 10.5. The number of rotatable bonds is 5. The number of aliphatic hydroxyl groups is 1. The third kappa shape index (κ3) is 10.0. The molecule has 1 N–H and O–H groups in total. The summed E-state index contributed by atoms with van der Waals surface area (Å²) in [6.07, 6.45) is 2.02. The van der Waals surface area contributed by atoms with Crippen LogP contribution in [0.3, 0.4) is 0 Å². The molecule has 0 amide bonds. The van der Waals surface area contributed by atoms with Crippen molar-refractivity contribution in [2.24, 2.45) is 0 Å². The first-order valence-electron chi connectivity index (χ1n) is 4.81. The summed E-state index contributed by atoms with van der Waals surface area (Å²) in [5.74, 6) is 0. The summed E-state index contributed by atoms with van der Waals surface area (Å²) in [6, 6.07) is 1.08. The zero-order valence-electron chi connectivity index (χ0n) is 9.59. The molecule has 0 aliphatic heterocycles. The average Bonchev–Trinajstić information content (AvgIpc) is 2.18. The second kappa shape index (κ2) is 10.2. The van der Waals surface area contributed by atoms with E-state index < -0.39 is 8.56 Å². The van der Waals surface area contributed by atoms with Crippen molar-refractivity contribution in [2.75, 3.05) is 20.8 Å². The van der Waals surface area contributed by atoms with Gasteiger partial charge in [-0.05, 0) is 19.0 Å². The number of aliphatic hydroxyl groups excluding tert-OH is 1. The van der Waals surface area contributed by atoms with Gasteiger partial charge in [0.05, 0.1) is 0 Å². The highest BCUT2D eigenvalue weighted by Crippen LogP contribution is 2.12. The molecule has 0 bridgehead atoms. The molecule has 0 fully saturated rings. The average molecular weight is 208 g/mol. The lowest BCUT2D eigenvalue weighted by Crippen LogP contribution is -2.35. The maximum atomic E-state index is 7.88. The Kier molecular flexibility index (Phi) is 12.2. The molecule has 0 rings (SSSR count). The molecule has 0 aromatic rings. The van der Waals surface area contributed by atoms with Gasteiger partial charge in [0.15, 0.2) is 0 Å². The van der Waals surface area contributed by atoms with Gasteiger partial charge in [0.2, 0.25) is 0 Å². The minimum atomic E-state index is -1.70. The van der Waals surface area contributed by atoms with Crippen molar-refractivity contribution in [2.45, 2.75) is 39.3 Å². The first-order chi connectivity index (χ1) is 6.10. The molecule has 0 saturated carbocycles. The maximum Gasteiger partial charge on any atom is 0.334 e. The summed E-state index contributed by atoms with van der Waals surface area (Å²) >= 11 is 0. The Hall–Kier alpha value is 0.0969. The van der Waals surface area contributed by atoms with Gasteiger partial charge < -0.3 is 14.0 Å². The molecule has 0 aromatic carbocycles. The van der Waals surface area contributed by atoms with E-state index in [4.69, 9.17) is 14.0 Å². The molecule has 0 atom stereocenters. The van der Waals surface area contributed by atoms with Crippen molar-refractivity contribution in [3.8, 4) is 0 Å². The van der Waals surface area contributed by atoms with Crippen molar-refractivity contribution in [1.82, 2.24) is 0 Å². The van der Waals surface area contributed by atoms with Gasteiger partial charge >= 0.3 is 8.56 Å². The van der Waals surface area contributed by atoms with E-state index in [-0.39, 0.29) is 0 Å². The van der Waals surface area contributed by atoms with Gasteiger partial charge in [0.1, 0.15) is 0 Å². The predicted octanol–water partition coefficient (Wildman–Crippen LogP) is 2.15. The lowest BCUT2D eigenvalue weighted by atomic mass is 10.5. The molecule has 0 saturated heterocycles. The van der Waals surface area contributed by atoms with E-state index in [9.17, 15) is 0 Å². The molecule has 0 heterocycles. The summed E-state index contributed by atoms with van der Waals surface area (Å²) in [5.41, 5.74) is 0. The van der Waals surface area contributed by atoms with Crippen LogP contribution in [-0.2, 0) is 8.85 Å². The second-order valence-electron chi connectivity index (χ2n) is 3.02. The van der Waals surface area contributed by atoms with Gasteiger partial charge in [0, 0.05) is 20.8 Å². The standard InChI is InChI=1S/C6H16O2Si.C3H8O/c1-5-6-9(4,7-2)8-3;1-2-3-4/h5-6H2,1-4H3;4H,2-3H2,1H3. The minimum absolute atomic E-state index is 0.319. The highest BCUT2D eigenvalue weighted by atomic mass is 28.4. The van der Waals surface area contributed by atoms with Crippen LogP contribution in [0.25, 0.3) is 0 Å². The van der Waals surface area contributed by atoms with E-state index in [0.717, 1.165) is 18.9 Å². The van der Waals surface area contributed by atoms with Crippen molar-refractivity contribution in [1.29, 1.82) is 0 Å². The van der Waals surface area contributed by atoms with Gasteiger partial charge in [-0.25, -0.2) is 0 Å². The van der Waals surface area contributed by atoms with E-state index in [0.29, 0.717) is 6.61 Å². The third-order valence-electron chi connectivity index (χ3n) is 1.79. The van der Waals surface area contributed by atoms with Crippen LogP contribution in [0.15, 0.2) is 0 Å². The van der Waals surface area contributed by atoms with Crippen LogP contribution in [0, 0.1) is 0 Å². The maximum absolute atomic E-state index is 7.88. The van der Waals surface area contributed by atoms with Crippen molar-refractivity contribution >= 4 is 8.56 Å². The Morgan fingerprint density at radius 3 is 1.54 bits per heavy atom. The molecule has 82 valence electrons. The molecule has 3 nitrogen and oxygen atoms in total. The second-order valence-corrected chi connectivity index (χ2v) is 6.60. The highest BCUT2D eigenvalue weighted by molar-refractivity contribution is 6.65. The fourth-order valence-corrected chi connectivity index (χ4v) is 2.22. The Morgan fingerprint density at radius 2 is 1.46 bits per heavy atom. The van der Waals surface area contributed by atoms with E-state index in [2.05, 4.69) is 13.5 Å². The van der Waals surface area contributed by atoms with E-state index in [1.807, 2.05) is 6.92 Å². The molecule has 0 spiro atoms. The zero-order valence-corrected chi connectivity index (χ0v) is 10.6. The van der Waals surface area contributed by atoms with Gasteiger partial charge in [-0.3, -0.25) is 0 Å². The third-order valence-corrected chi connectivity index (χ3v) is 4.93. The topological polar surface area (TPSA) is 38.7 Å². The summed E-state index contributed by atoms with van der Waals surface area (Å²) in [7, 11) is 1.76. The molecule has 0 radical (unpaired) electrons. The normalized spacial score (nSPS) is 10.6. The molecule has 0 aromatic heterocycles. The van der Waals surface area contributed by atoms with Gasteiger partial charge in [-0.2, -0.15) is 0 Å². The Morgan fingerprint density at radius 1 is 1.08 bits per heavy atom. The summed E-state index contributed by atoms with van der Waals surface area (Å²) in [4.78, 5) is 0. The fraction of sp³-hybridized carbons (Fsp3) is 1.00. The highest BCUT2D eigenvalue weighted by Gasteiger charge is 2.26. The molecular formula is C9H24O3Si. The Bertz CT molecular complexity index is 92.9. The van der Waals surface area contributed by atoms with Crippen molar-refractivity contribution in [3.05, 3.63) is 0 Å². The first-order valence-corrected chi connectivity index (χ1v) is 7.33. The van der Waals surface area contributed by atoms with E-state index >= 15 is 0 Å². The van der Waals surface area contributed by atoms with Gasteiger partial charge in [-0.15, -0.1) is 0 Å². The first kappa shape index (κ1) is 15.6. The lowest BCUT2D eigenvalue weighted by Gasteiger charge is -2.21. The lowest BCUT2D eigenvalue weighted by molar-refractivity contribution is 0.249. The van der Waals surface area contributed by atoms with Crippen LogP contribution >= 0.6 is 0 Å². The summed E-state index contributed by atoms with van der Waals surface area (Å²) in [6.45, 7) is 6.47. The van der Waals surface area contributed by atoms with E-state index in [1.165, 1.54) is 0 Å². The quantitative estimate of drug-likeness (QED) is 0.704. The van der Waals surface area contributed by atoms with Crippen molar-refractivity contribution < 1.29 is 14.0 Å². The van der Waals surface area contributed by atoms with Crippen LogP contribution in [0.5, 0.6) is 0 Å². The zero-order chi connectivity index (χ0) is 10.7. The van der Waals surface area contributed by atoms with Crippen LogP contribution in [-0.4, -0.2) is 34.5 Å². The molecular weight excluding hydrogens is 184 g/mol. The van der Waals surface area contributed by atoms with Crippen LogP contribution in [0.1, 0.15) is 26.7 Å². The SMILES string of the molecule is CCCO.CCC[Si](C)(OC)OC. The largest absolute Gasteiger partial charge is 0.398 e. The minimum Gasteiger partial charge on any atom is -0.398 e. The van der Waals surface area contributed by atoms with Crippen LogP contribution in [0.2, 0.25) is 12.6 Å². The van der Waals surface area contributed by atoms with Gasteiger partial charge in [0.25, 0.3) is 0 Å². The number of hydrogen-bond donors (Lipinski definition) is 1. The van der Waals surface area contributed by atoms with Gasteiger partial charge in [-0.1, -0.05) is 20.3 Å². The molecule has 0 aliphatic carbocycles. The molecule has 0 unspecified atom stereocenters. The Balaban J connectivity index is 0. The predicted molar refractivity (Wildman–Crippen MR) is 58.1 cm³/mol. The molecule has 4 heteroatoms. The van der Waals surface area contributed by atoms with Crippen molar-refractivity contribution in [3.63, 3.8) is 0 Å². The Labute approximate surface area is 83.3 Å².